The summed E-state index contributed by atoms with van der Waals surface area (Å²) in [5, 5.41) is 0.776. The van der Waals surface area contributed by atoms with Gasteiger partial charge < -0.3 is 0 Å². The van der Waals surface area contributed by atoms with Crippen LogP contribution in [-0.4, -0.2) is 27.8 Å². The fourth-order valence-electron chi connectivity index (χ4n) is 1.19. The molecule has 2 nitrogen and oxygen atoms in total. The summed E-state index contributed by atoms with van der Waals surface area (Å²) in [5.74, 6) is 0. The van der Waals surface area contributed by atoms with Gasteiger partial charge in [0.15, 0.2) is 5.12 Å². The lowest BCUT2D eigenvalue weighted by Gasteiger charge is -2.26. The van der Waals surface area contributed by atoms with Crippen LogP contribution in [0, 0.1) is 0 Å². The van der Waals surface area contributed by atoms with Crippen molar-refractivity contribution >= 4 is 29.7 Å². The van der Waals surface area contributed by atoms with Gasteiger partial charge in [-0.25, -0.2) is 0 Å². The lowest BCUT2D eigenvalue weighted by atomic mass is 10.2. The normalized spacial score (nSPS) is 22.0. The van der Waals surface area contributed by atoms with Gasteiger partial charge in [0.2, 0.25) is 0 Å². The predicted molar refractivity (Wildman–Crippen MR) is 51.9 cm³/mol. The van der Waals surface area contributed by atoms with E-state index in [0.717, 1.165) is 25.9 Å². The zero-order valence-corrected chi connectivity index (χ0v) is 8.33. The van der Waals surface area contributed by atoms with Crippen LogP contribution >= 0.6 is 24.6 Å². The van der Waals surface area contributed by atoms with Gasteiger partial charge in [-0.15, -0.1) is 0 Å². The molecule has 0 atom stereocenters. The van der Waals surface area contributed by atoms with Crippen molar-refractivity contribution in [3.05, 3.63) is 0 Å². The first-order valence-corrected chi connectivity index (χ1v) is 5.07. The second-order valence-electron chi connectivity index (χ2n) is 2.76. The highest BCUT2D eigenvalue weighted by Crippen LogP contribution is 2.24. The van der Waals surface area contributed by atoms with E-state index in [9.17, 15) is 4.79 Å². The summed E-state index contributed by atoms with van der Waals surface area (Å²) in [4.78, 5) is 10.7. The van der Waals surface area contributed by atoms with Crippen molar-refractivity contribution in [1.29, 1.82) is 0 Å². The number of carbonyl (C=O) groups is 1. The summed E-state index contributed by atoms with van der Waals surface area (Å²) >= 11 is 5.71. The van der Waals surface area contributed by atoms with Crippen molar-refractivity contribution in [3.63, 3.8) is 0 Å². The fourth-order valence-corrected chi connectivity index (χ4v) is 2.34. The van der Waals surface area contributed by atoms with E-state index in [-0.39, 0.29) is 5.12 Å². The van der Waals surface area contributed by atoms with Gasteiger partial charge >= 0.3 is 0 Å². The van der Waals surface area contributed by atoms with Gasteiger partial charge in [-0.1, -0.05) is 24.6 Å². The zero-order valence-electron chi connectivity index (χ0n) is 6.62. The Morgan fingerprint density at radius 1 is 1.55 bits per heavy atom. The van der Waals surface area contributed by atoms with E-state index in [2.05, 4.69) is 12.8 Å². The maximum absolute atomic E-state index is 10.7. The molecule has 1 saturated heterocycles. The molecule has 1 rings (SSSR count). The molecule has 64 valence electrons. The van der Waals surface area contributed by atoms with Gasteiger partial charge in [0.25, 0.3) is 0 Å². The van der Waals surface area contributed by atoms with Crippen LogP contribution in [-0.2, 0) is 4.79 Å². The molecule has 0 aliphatic carbocycles. The van der Waals surface area contributed by atoms with Crippen molar-refractivity contribution in [2.24, 2.45) is 0 Å². The van der Waals surface area contributed by atoms with Crippen LogP contribution in [0.1, 0.15) is 19.8 Å². The topological polar surface area (TPSA) is 20.3 Å². The molecule has 0 saturated carbocycles. The van der Waals surface area contributed by atoms with Crippen molar-refractivity contribution in [2.75, 3.05) is 13.1 Å². The number of hydrogen-bond acceptors (Lipinski definition) is 4. The van der Waals surface area contributed by atoms with Crippen LogP contribution < -0.4 is 0 Å². The molecule has 0 aromatic heterocycles. The van der Waals surface area contributed by atoms with E-state index in [1.807, 2.05) is 4.31 Å². The van der Waals surface area contributed by atoms with Crippen LogP contribution in [0.3, 0.4) is 0 Å². The van der Waals surface area contributed by atoms with Crippen LogP contribution in [0.5, 0.6) is 0 Å². The Hall–Kier alpha value is 0.330. The number of carbonyl (C=O) groups excluding carboxylic acids is 1. The maximum Gasteiger partial charge on any atom is 0.186 e. The summed E-state index contributed by atoms with van der Waals surface area (Å²) in [6.45, 7) is 3.65. The second kappa shape index (κ2) is 4.38. The molecule has 0 spiro atoms. The van der Waals surface area contributed by atoms with Gasteiger partial charge in [-0.3, -0.25) is 9.10 Å². The standard InChI is InChI=1S/C7H13NOS2/c1-6(9)11-7-2-4-8(10)5-3-7/h7,10H,2-5H2,1H3. The zero-order chi connectivity index (χ0) is 8.27. The van der Waals surface area contributed by atoms with E-state index in [4.69, 9.17) is 0 Å². The molecule has 1 aliphatic rings. The first-order valence-electron chi connectivity index (χ1n) is 3.79. The average molecular weight is 191 g/mol. The third kappa shape index (κ3) is 3.49. The van der Waals surface area contributed by atoms with E-state index >= 15 is 0 Å². The maximum atomic E-state index is 10.7. The summed E-state index contributed by atoms with van der Waals surface area (Å²) in [7, 11) is 0. The Morgan fingerprint density at radius 2 is 2.09 bits per heavy atom. The first kappa shape index (κ1) is 9.42. The number of rotatable bonds is 1. The van der Waals surface area contributed by atoms with E-state index in [0.29, 0.717) is 5.25 Å². The SMILES string of the molecule is CC(=O)SC1CCN(S)CC1. The molecule has 1 fully saturated rings. The third-order valence-electron chi connectivity index (χ3n) is 1.75. The summed E-state index contributed by atoms with van der Waals surface area (Å²) < 4.78 is 2.01. The average Bonchev–Trinajstić information content (AvgIpc) is 1.93. The van der Waals surface area contributed by atoms with Crippen molar-refractivity contribution in [2.45, 2.75) is 25.0 Å². The molecule has 0 unspecified atom stereocenters. The van der Waals surface area contributed by atoms with Gasteiger partial charge in [-0.05, 0) is 12.8 Å². The van der Waals surface area contributed by atoms with Crippen LogP contribution in [0.2, 0.25) is 0 Å². The minimum Gasteiger partial charge on any atom is -0.288 e. The molecule has 1 aliphatic heterocycles. The lowest BCUT2D eigenvalue weighted by molar-refractivity contribution is -0.109. The Balaban J connectivity index is 2.22. The monoisotopic (exact) mass is 191 g/mol. The quantitative estimate of drug-likeness (QED) is 0.635. The lowest BCUT2D eigenvalue weighted by Crippen LogP contribution is -2.28. The smallest absolute Gasteiger partial charge is 0.186 e. The second-order valence-corrected chi connectivity index (χ2v) is 4.81. The van der Waals surface area contributed by atoms with Crippen molar-refractivity contribution in [3.8, 4) is 0 Å². The molecule has 0 aromatic rings. The van der Waals surface area contributed by atoms with E-state index in [1.54, 1.807) is 6.92 Å². The molecular weight excluding hydrogens is 178 g/mol. The van der Waals surface area contributed by atoms with Gasteiger partial charge in [0.05, 0.1) is 0 Å². The molecule has 0 N–H and O–H groups in total. The highest BCUT2D eigenvalue weighted by Gasteiger charge is 2.18. The Morgan fingerprint density at radius 3 is 2.55 bits per heavy atom. The van der Waals surface area contributed by atoms with E-state index in [1.165, 1.54) is 11.8 Å². The number of nitrogens with zero attached hydrogens (tertiary/aromatic N) is 1. The van der Waals surface area contributed by atoms with Gasteiger partial charge in [0, 0.05) is 25.3 Å². The van der Waals surface area contributed by atoms with Crippen LogP contribution in [0.15, 0.2) is 0 Å². The molecule has 0 radical (unpaired) electrons. The number of thiol groups is 1. The summed E-state index contributed by atoms with van der Waals surface area (Å²) in [5.41, 5.74) is 0. The summed E-state index contributed by atoms with van der Waals surface area (Å²) in [6, 6.07) is 0. The molecule has 0 amide bonds. The van der Waals surface area contributed by atoms with Crippen LogP contribution in [0.25, 0.3) is 0 Å². The van der Waals surface area contributed by atoms with Crippen molar-refractivity contribution < 1.29 is 4.79 Å². The van der Waals surface area contributed by atoms with Gasteiger partial charge in [-0.2, -0.15) is 0 Å². The van der Waals surface area contributed by atoms with Crippen molar-refractivity contribution in [1.82, 2.24) is 4.31 Å². The first-order chi connectivity index (χ1) is 5.18. The Labute approximate surface area is 77.3 Å². The molecular formula is C7H13NOS2. The third-order valence-corrected chi connectivity index (χ3v) is 3.29. The largest absolute Gasteiger partial charge is 0.288 e. The number of thioether (sulfide) groups is 1. The highest BCUT2D eigenvalue weighted by molar-refractivity contribution is 8.14. The minimum atomic E-state index is 0.239. The molecule has 11 heavy (non-hydrogen) atoms. The van der Waals surface area contributed by atoms with Gasteiger partial charge in [0.1, 0.15) is 0 Å². The van der Waals surface area contributed by atoms with Crippen LogP contribution in [0.4, 0.5) is 0 Å². The Bertz CT molecular complexity index is 143. The summed E-state index contributed by atoms with van der Waals surface area (Å²) in [6.07, 6.45) is 2.18. The molecule has 1 heterocycles. The fraction of sp³-hybridized carbons (Fsp3) is 0.857. The molecule has 4 heteroatoms. The highest BCUT2D eigenvalue weighted by atomic mass is 32.2. The number of hydrogen-bond donors (Lipinski definition) is 1. The number of piperidine rings is 1. The minimum absolute atomic E-state index is 0.239. The van der Waals surface area contributed by atoms with E-state index < -0.39 is 0 Å². The molecule has 0 aromatic carbocycles. The Kier molecular flexibility index (Phi) is 3.75. The predicted octanol–water partition coefficient (Wildman–Crippen LogP) is 1.58. The molecule has 0 bridgehead atoms.